The number of piperidine rings is 1. The van der Waals surface area contributed by atoms with Gasteiger partial charge in [-0.1, -0.05) is 30.3 Å². The molecule has 0 bridgehead atoms. The Morgan fingerprint density at radius 3 is 2.45 bits per heavy atom. The van der Waals surface area contributed by atoms with Crippen molar-refractivity contribution in [2.24, 2.45) is 5.92 Å². The monoisotopic (exact) mass is 519 g/mol. The van der Waals surface area contributed by atoms with Crippen molar-refractivity contribution in [2.45, 2.75) is 26.7 Å². The fourth-order valence-electron chi connectivity index (χ4n) is 4.96. The Bertz CT molecular complexity index is 1590. The van der Waals surface area contributed by atoms with E-state index in [1.54, 1.807) is 11.3 Å². The number of nitrogens with zero attached hydrogens (tertiary/aromatic N) is 4. The molecule has 0 unspecified atom stereocenters. The predicted molar refractivity (Wildman–Crippen MR) is 156 cm³/mol. The first-order chi connectivity index (χ1) is 18.5. The van der Waals surface area contributed by atoms with Crippen LogP contribution in [-0.4, -0.2) is 34.2 Å². The molecule has 1 N–H and O–H groups in total. The van der Waals surface area contributed by atoms with Crippen LogP contribution >= 0.6 is 11.3 Å². The lowest BCUT2D eigenvalue weighted by molar-refractivity contribution is -0.120. The molecule has 7 heteroatoms. The zero-order valence-corrected chi connectivity index (χ0v) is 22.3. The summed E-state index contributed by atoms with van der Waals surface area (Å²) >= 11 is 1.69. The highest BCUT2D eigenvalue weighted by Gasteiger charge is 2.26. The number of carbonyl (C=O) groups is 1. The summed E-state index contributed by atoms with van der Waals surface area (Å²) in [5.74, 6) is 0.924. The Morgan fingerprint density at radius 1 is 0.921 bits per heavy atom. The third kappa shape index (κ3) is 5.02. The molecule has 0 atom stereocenters. The van der Waals surface area contributed by atoms with E-state index in [9.17, 15) is 4.79 Å². The highest BCUT2D eigenvalue weighted by atomic mass is 32.1. The topological polar surface area (TPSA) is 71.0 Å². The number of rotatable bonds is 5. The first-order valence-electron chi connectivity index (χ1n) is 13.0. The molecule has 3 aromatic carbocycles. The second-order valence-electron chi connectivity index (χ2n) is 9.91. The molecule has 0 saturated carbocycles. The molecule has 0 aliphatic carbocycles. The lowest BCUT2D eigenvalue weighted by atomic mass is 9.95. The summed E-state index contributed by atoms with van der Waals surface area (Å²) in [4.78, 5) is 20.0. The molecule has 0 spiro atoms. The Hall–Kier alpha value is -4.10. The number of aryl methyl sites for hydroxylation is 2. The number of nitrogens with one attached hydrogen (secondary N) is 1. The summed E-state index contributed by atoms with van der Waals surface area (Å²) in [6, 6.07) is 26.6. The van der Waals surface area contributed by atoms with Crippen LogP contribution in [0.5, 0.6) is 0 Å². The van der Waals surface area contributed by atoms with Crippen LogP contribution in [0.2, 0.25) is 0 Å². The second kappa shape index (κ2) is 10.3. The van der Waals surface area contributed by atoms with Crippen molar-refractivity contribution < 1.29 is 4.79 Å². The van der Waals surface area contributed by atoms with Gasteiger partial charge in [-0.3, -0.25) is 4.79 Å². The number of anilines is 2. The average Bonchev–Trinajstić information content (AvgIpc) is 3.37. The fourth-order valence-corrected chi connectivity index (χ4v) is 6.03. The van der Waals surface area contributed by atoms with Gasteiger partial charge in [0.2, 0.25) is 5.91 Å². The molecule has 1 saturated heterocycles. The van der Waals surface area contributed by atoms with Crippen LogP contribution in [0, 0.1) is 19.8 Å². The van der Waals surface area contributed by atoms with Crippen LogP contribution in [0.15, 0.2) is 78.9 Å². The van der Waals surface area contributed by atoms with E-state index >= 15 is 0 Å². The smallest absolute Gasteiger partial charge is 0.227 e. The molecule has 0 radical (unpaired) electrons. The first-order valence-corrected chi connectivity index (χ1v) is 13.8. The van der Waals surface area contributed by atoms with Gasteiger partial charge in [0.1, 0.15) is 5.01 Å². The summed E-state index contributed by atoms with van der Waals surface area (Å²) in [7, 11) is 0. The van der Waals surface area contributed by atoms with Crippen molar-refractivity contribution in [3.05, 3.63) is 90.0 Å². The van der Waals surface area contributed by atoms with E-state index in [1.807, 2.05) is 48.5 Å². The maximum absolute atomic E-state index is 13.0. The Labute approximate surface area is 226 Å². The number of amides is 1. The van der Waals surface area contributed by atoms with Gasteiger partial charge in [-0.2, -0.15) is 0 Å². The van der Waals surface area contributed by atoms with Crippen LogP contribution in [0.4, 0.5) is 11.5 Å². The standard InChI is InChI=1S/C31H29N5OS/c1-20-7-12-27-28(19-20)38-31(33-27)23-8-10-24(11-9-23)32-30(37)22-15-17-36(18-16-22)29-14-13-26(34-35-29)25-6-4-3-5-21(25)2/h3-14,19,22H,15-18H2,1-2H3,(H,32,37). The molecule has 3 heterocycles. The largest absolute Gasteiger partial charge is 0.355 e. The SMILES string of the molecule is Cc1ccc2nc(-c3ccc(NC(=O)C4CCN(c5ccc(-c6ccccc6C)nn5)CC4)cc3)sc2c1. The van der Waals surface area contributed by atoms with Crippen molar-refractivity contribution in [3.63, 3.8) is 0 Å². The van der Waals surface area contributed by atoms with Crippen molar-refractivity contribution in [1.82, 2.24) is 15.2 Å². The molecule has 1 amide bonds. The van der Waals surface area contributed by atoms with Gasteiger partial charge in [-0.15, -0.1) is 21.5 Å². The van der Waals surface area contributed by atoms with E-state index in [0.717, 1.165) is 64.8 Å². The molecular formula is C31H29N5OS. The van der Waals surface area contributed by atoms with Gasteiger partial charge in [-0.25, -0.2) is 4.98 Å². The number of fused-ring (bicyclic) bond motifs is 1. The van der Waals surface area contributed by atoms with Crippen LogP contribution in [0.3, 0.4) is 0 Å². The molecule has 6 nitrogen and oxygen atoms in total. The summed E-state index contributed by atoms with van der Waals surface area (Å²) in [6.07, 6.45) is 1.58. The first kappa shape index (κ1) is 24.2. The Kier molecular flexibility index (Phi) is 6.60. The van der Waals surface area contributed by atoms with Crippen LogP contribution in [-0.2, 0) is 4.79 Å². The van der Waals surface area contributed by atoms with Gasteiger partial charge < -0.3 is 10.2 Å². The van der Waals surface area contributed by atoms with E-state index < -0.39 is 0 Å². The molecule has 38 heavy (non-hydrogen) atoms. The average molecular weight is 520 g/mol. The number of hydrogen-bond donors (Lipinski definition) is 1. The number of thiazole rings is 1. The molecule has 1 aliphatic rings. The third-order valence-corrected chi connectivity index (χ3v) is 8.27. The van der Waals surface area contributed by atoms with Crippen LogP contribution in [0.25, 0.3) is 32.0 Å². The summed E-state index contributed by atoms with van der Waals surface area (Å²) in [6.45, 7) is 5.75. The highest BCUT2D eigenvalue weighted by molar-refractivity contribution is 7.21. The lowest BCUT2D eigenvalue weighted by Crippen LogP contribution is -2.38. The lowest BCUT2D eigenvalue weighted by Gasteiger charge is -2.31. The van der Waals surface area contributed by atoms with Gasteiger partial charge in [0.15, 0.2) is 5.82 Å². The Balaban J connectivity index is 1.05. The minimum Gasteiger partial charge on any atom is -0.355 e. The normalized spacial score (nSPS) is 14.1. The van der Waals surface area contributed by atoms with E-state index in [2.05, 4.69) is 64.6 Å². The molecular weight excluding hydrogens is 490 g/mol. The van der Waals surface area contributed by atoms with Crippen molar-refractivity contribution in [1.29, 1.82) is 0 Å². The number of hydrogen-bond acceptors (Lipinski definition) is 6. The van der Waals surface area contributed by atoms with E-state index in [1.165, 1.54) is 15.8 Å². The van der Waals surface area contributed by atoms with Crippen molar-refractivity contribution in [2.75, 3.05) is 23.3 Å². The van der Waals surface area contributed by atoms with Crippen molar-refractivity contribution in [3.8, 4) is 21.8 Å². The highest BCUT2D eigenvalue weighted by Crippen LogP contribution is 2.32. The van der Waals surface area contributed by atoms with Gasteiger partial charge in [-0.05, 0) is 86.3 Å². The van der Waals surface area contributed by atoms with Gasteiger partial charge in [0, 0.05) is 35.8 Å². The predicted octanol–water partition coefficient (Wildman–Crippen LogP) is 6.89. The molecule has 2 aromatic heterocycles. The zero-order chi connectivity index (χ0) is 26.1. The molecule has 6 rings (SSSR count). The quantitative estimate of drug-likeness (QED) is 0.274. The summed E-state index contributed by atoms with van der Waals surface area (Å²) < 4.78 is 1.19. The number of benzene rings is 3. The number of carbonyl (C=O) groups excluding carboxylic acids is 1. The maximum atomic E-state index is 13.0. The van der Waals surface area contributed by atoms with Gasteiger partial charge in [0.05, 0.1) is 15.9 Å². The van der Waals surface area contributed by atoms with E-state index in [0.29, 0.717) is 0 Å². The molecule has 1 aliphatic heterocycles. The van der Waals surface area contributed by atoms with Gasteiger partial charge in [0.25, 0.3) is 0 Å². The van der Waals surface area contributed by atoms with Crippen molar-refractivity contribution >= 4 is 39.0 Å². The third-order valence-electron chi connectivity index (χ3n) is 7.20. The van der Waals surface area contributed by atoms with E-state index in [4.69, 9.17) is 4.98 Å². The second-order valence-corrected chi connectivity index (χ2v) is 10.9. The van der Waals surface area contributed by atoms with Crippen LogP contribution < -0.4 is 10.2 Å². The molecule has 190 valence electrons. The molecule has 5 aromatic rings. The minimum absolute atomic E-state index is 0.0161. The fraction of sp³-hybridized carbons (Fsp3) is 0.226. The van der Waals surface area contributed by atoms with Crippen LogP contribution in [0.1, 0.15) is 24.0 Å². The summed E-state index contributed by atoms with van der Waals surface area (Å²) in [5, 5.41) is 13.0. The number of aromatic nitrogens is 3. The minimum atomic E-state index is -0.0161. The Morgan fingerprint density at radius 2 is 1.71 bits per heavy atom. The zero-order valence-electron chi connectivity index (χ0n) is 21.5. The van der Waals surface area contributed by atoms with E-state index in [-0.39, 0.29) is 11.8 Å². The maximum Gasteiger partial charge on any atom is 0.227 e. The summed E-state index contributed by atoms with van der Waals surface area (Å²) in [5.41, 5.74) is 7.30. The van der Waals surface area contributed by atoms with Gasteiger partial charge >= 0.3 is 0 Å². The molecule has 1 fully saturated rings.